The van der Waals surface area contributed by atoms with Crippen molar-refractivity contribution in [1.29, 1.82) is 0 Å². The van der Waals surface area contributed by atoms with Crippen LogP contribution < -0.4 is 11.2 Å². The minimum absolute atomic E-state index is 0.0622. The normalized spacial score (nSPS) is 10.5. The summed E-state index contributed by atoms with van der Waals surface area (Å²) in [4.78, 5) is 25.9. The number of aromatic nitrogens is 2. The number of benzene rings is 1. The van der Waals surface area contributed by atoms with Crippen LogP contribution in [0.5, 0.6) is 5.88 Å². The molecule has 0 unspecified atom stereocenters. The number of nitrogens with one attached hydrogen (secondary N) is 1. The zero-order valence-corrected chi connectivity index (χ0v) is 12.4. The van der Waals surface area contributed by atoms with Gasteiger partial charge in [0.25, 0.3) is 5.56 Å². The molecule has 0 aliphatic rings. The van der Waals surface area contributed by atoms with Crippen molar-refractivity contribution < 1.29 is 5.11 Å². The zero-order valence-electron chi connectivity index (χ0n) is 10.8. The van der Waals surface area contributed by atoms with Crippen molar-refractivity contribution in [3.05, 3.63) is 61.7 Å². The second kappa shape index (κ2) is 5.50. The average molecular weight is 337 g/mol. The lowest BCUT2D eigenvalue weighted by Gasteiger charge is -2.11. The highest BCUT2D eigenvalue weighted by Gasteiger charge is 2.16. The van der Waals surface area contributed by atoms with Crippen LogP contribution in [0, 0.1) is 0 Å². The zero-order chi connectivity index (χ0) is 14.9. The molecule has 5 nitrogen and oxygen atoms in total. The molecule has 0 saturated carbocycles. The maximum Gasteiger partial charge on any atom is 0.331 e. The van der Waals surface area contributed by atoms with Crippen LogP contribution >= 0.6 is 15.9 Å². The maximum atomic E-state index is 11.9. The highest BCUT2D eigenvalue weighted by Crippen LogP contribution is 2.26. The molecule has 104 valence electrons. The molecule has 20 heavy (non-hydrogen) atoms. The van der Waals surface area contributed by atoms with Crippen molar-refractivity contribution in [1.82, 2.24) is 9.55 Å². The Balaban J connectivity index is 2.74. The Hall–Kier alpha value is -2.08. The first-order chi connectivity index (χ1) is 9.40. The summed E-state index contributed by atoms with van der Waals surface area (Å²) in [6, 6.07) is 6.93. The third-order valence-electron chi connectivity index (χ3n) is 2.71. The van der Waals surface area contributed by atoms with Gasteiger partial charge in [0, 0.05) is 4.47 Å². The van der Waals surface area contributed by atoms with Crippen LogP contribution in [0.4, 0.5) is 0 Å². The molecule has 0 radical (unpaired) electrons. The van der Waals surface area contributed by atoms with Crippen LogP contribution in [-0.4, -0.2) is 14.7 Å². The van der Waals surface area contributed by atoms with E-state index in [1.54, 1.807) is 31.2 Å². The Morgan fingerprint density at radius 1 is 1.45 bits per heavy atom. The summed E-state index contributed by atoms with van der Waals surface area (Å²) < 4.78 is 1.85. The molecule has 0 fully saturated rings. The number of aromatic hydroxyl groups is 1. The van der Waals surface area contributed by atoms with E-state index in [0.29, 0.717) is 11.1 Å². The number of hydrogen-bond acceptors (Lipinski definition) is 3. The van der Waals surface area contributed by atoms with Crippen LogP contribution in [0.3, 0.4) is 0 Å². The van der Waals surface area contributed by atoms with Gasteiger partial charge in [-0.3, -0.25) is 14.3 Å². The third kappa shape index (κ3) is 2.75. The number of hydrogen-bond donors (Lipinski definition) is 2. The summed E-state index contributed by atoms with van der Waals surface area (Å²) in [6.45, 7) is 5.57. The first-order valence-electron chi connectivity index (χ1n) is 5.86. The molecule has 0 bridgehead atoms. The lowest BCUT2D eigenvalue weighted by molar-refractivity contribution is 0.411. The Kier molecular flexibility index (Phi) is 3.94. The topological polar surface area (TPSA) is 75.1 Å². The van der Waals surface area contributed by atoms with E-state index in [0.717, 1.165) is 9.04 Å². The Bertz CT molecular complexity index is 790. The van der Waals surface area contributed by atoms with E-state index in [2.05, 4.69) is 27.5 Å². The number of nitrogens with zero attached hydrogens (tertiary/aromatic N) is 1. The Labute approximate surface area is 123 Å². The summed E-state index contributed by atoms with van der Waals surface area (Å²) in [6.07, 6.45) is 0. The van der Waals surface area contributed by atoms with Gasteiger partial charge in [-0.1, -0.05) is 40.2 Å². The van der Waals surface area contributed by atoms with E-state index in [1.807, 2.05) is 0 Å². The van der Waals surface area contributed by atoms with Gasteiger partial charge in [-0.15, -0.1) is 0 Å². The smallest absolute Gasteiger partial charge is 0.331 e. The second-order valence-electron chi connectivity index (χ2n) is 4.51. The van der Waals surface area contributed by atoms with Gasteiger partial charge in [-0.25, -0.2) is 4.79 Å². The number of allylic oxidation sites excluding steroid dienone is 1. The van der Waals surface area contributed by atoms with Gasteiger partial charge in [0.15, 0.2) is 0 Å². The largest absolute Gasteiger partial charge is 0.494 e. The van der Waals surface area contributed by atoms with Gasteiger partial charge in [-0.05, 0) is 24.6 Å². The van der Waals surface area contributed by atoms with Crippen LogP contribution in [0.2, 0.25) is 0 Å². The number of aromatic amines is 1. The lowest BCUT2D eigenvalue weighted by atomic mass is 10.1. The van der Waals surface area contributed by atoms with Gasteiger partial charge < -0.3 is 5.11 Å². The minimum atomic E-state index is -0.658. The molecule has 2 rings (SSSR count). The molecule has 0 aliphatic heterocycles. The van der Waals surface area contributed by atoms with E-state index < -0.39 is 11.2 Å². The number of H-pyrrole nitrogens is 1. The predicted molar refractivity (Wildman–Crippen MR) is 80.9 cm³/mol. The van der Waals surface area contributed by atoms with Crippen molar-refractivity contribution in [3.63, 3.8) is 0 Å². The molecule has 0 saturated heterocycles. The van der Waals surface area contributed by atoms with Crippen LogP contribution in [-0.2, 0) is 6.54 Å². The van der Waals surface area contributed by atoms with Gasteiger partial charge in [0.2, 0.25) is 5.88 Å². The Morgan fingerprint density at radius 2 is 2.15 bits per heavy atom. The summed E-state index contributed by atoms with van der Waals surface area (Å²) in [5.41, 5.74) is -0.00630. The highest BCUT2D eigenvalue weighted by molar-refractivity contribution is 9.10. The fourth-order valence-electron chi connectivity index (χ4n) is 1.88. The third-order valence-corrected chi connectivity index (χ3v) is 3.21. The van der Waals surface area contributed by atoms with Gasteiger partial charge in [0.1, 0.15) is 5.56 Å². The van der Waals surface area contributed by atoms with Crippen molar-refractivity contribution in [3.8, 4) is 17.0 Å². The molecule has 0 aliphatic carbocycles. The van der Waals surface area contributed by atoms with Crippen LogP contribution in [0.25, 0.3) is 11.1 Å². The number of halogens is 1. The van der Waals surface area contributed by atoms with Gasteiger partial charge in [-0.2, -0.15) is 0 Å². The van der Waals surface area contributed by atoms with E-state index in [1.165, 1.54) is 0 Å². The second-order valence-corrected chi connectivity index (χ2v) is 5.43. The summed E-state index contributed by atoms with van der Waals surface area (Å²) in [7, 11) is 0. The van der Waals surface area contributed by atoms with Crippen molar-refractivity contribution in [2.45, 2.75) is 13.5 Å². The molecular weight excluding hydrogens is 324 g/mol. The highest BCUT2D eigenvalue weighted by atomic mass is 79.9. The molecule has 0 amide bonds. The van der Waals surface area contributed by atoms with E-state index in [-0.39, 0.29) is 18.0 Å². The summed E-state index contributed by atoms with van der Waals surface area (Å²) >= 11 is 3.31. The summed E-state index contributed by atoms with van der Waals surface area (Å²) in [5.74, 6) is -0.361. The number of rotatable bonds is 3. The first kappa shape index (κ1) is 14.3. The van der Waals surface area contributed by atoms with Crippen molar-refractivity contribution >= 4 is 15.9 Å². The molecule has 1 aromatic heterocycles. The predicted octanol–water partition coefficient (Wildman–Crippen LogP) is 2.25. The molecule has 0 atom stereocenters. The molecule has 1 aromatic carbocycles. The standard InChI is InChI=1S/C14H13BrN2O3/c1-8(2)7-17-13(19)11(12(18)16-14(17)20)9-4-3-5-10(15)6-9/h3-6,19H,1,7H2,2H3,(H,16,18,20). The van der Waals surface area contributed by atoms with Crippen molar-refractivity contribution in [2.24, 2.45) is 0 Å². The van der Waals surface area contributed by atoms with Gasteiger partial charge in [0.05, 0.1) is 6.54 Å². The van der Waals surface area contributed by atoms with Gasteiger partial charge >= 0.3 is 5.69 Å². The molecular formula is C14H13BrN2O3. The monoisotopic (exact) mass is 336 g/mol. The first-order valence-corrected chi connectivity index (χ1v) is 6.66. The van der Waals surface area contributed by atoms with Crippen LogP contribution in [0.15, 0.2) is 50.5 Å². The molecule has 1 heterocycles. The average Bonchev–Trinajstić information content (AvgIpc) is 2.34. The van der Waals surface area contributed by atoms with E-state index >= 15 is 0 Å². The SMILES string of the molecule is C=C(C)Cn1c(O)c(-c2cccc(Br)c2)c(=O)[nH]c1=O. The molecule has 2 N–H and O–H groups in total. The van der Waals surface area contributed by atoms with E-state index in [9.17, 15) is 14.7 Å². The Morgan fingerprint density at radius 3 is 2.75 bits per heavy atom. The molecule has 6 heteroatoms. The molecule has 0 spiro atoms. The molecule has 2 aromatic rings. The quantitative estimate of drug-likeness (QED) is 0.844. The fraction of sp³-hybridized carbons (Fsp3) is 0.143. The summed E-state index contributed by atoms with van der Waals surface area (Å²) in [5, 5.41) is 10.2. The minimum Gasteiger partial charge on any atom is -0.494 e. The lowest BCUT2D eigenvalue weighted by Crippen LogP contribution is -2.31. The van der Waals surface area contributed by atoms with Crippen molar-refractivity contribution in [2.75, 3.05) is 0 Å². The fourth-order valence-corrected chi connectivity index (χ4v) is 2.28. The van der Waals surface area contributed by atoms with E-state index in [4.69, 9.17) is 0 Å². The maximum absolute atomic E-state index is 11.9. The van der Waals surface area contributed by atoms with Crippen LogP contribution in [0.1, 0.15) is 6.92 Å².